The molecular formula is C16H17NO2S2. The number of sulfonamides is 1. The fourth-order valence-corrected chi connectivity index (χ4v) is 5.37. The quantitative estimate of drug-likeness (QED) is 0.893. The molecule has 2 fully saturated rings. The summed E-state index contributed by atoms with van der Waals surface area (Å²) in [6.07, 6.45) is 4.53. The Morgan fingerprint density at radius 2 is 1.62 bits per heavy atom. The summed E-state index contributed by atoms with van der Waals surface area (Å²) >= 11 is 1.32. The molecule has 1 N–H and O–H groups in total. The van der Waals surface area contributed by atoms with Crippen molar-refractivity contribution >= 4 is 27.0 Å². The van der Waals surface area contributed by atoms with Gasteiger partial charge in [-0.15, -0.1) is 11.3 Å². The Balaban J connectivity index is 1.68. The second-order valence-corrected chi connectivity index (χ2v) is 8.70. The van der Waals surface area contributed by atoms with E-state index in [-0.39, 0.29) is 0 Å². The summed E-state index contributed by atoms with van der Waals surface area (Å²) in [7, 11) is -3.47. The smallest absolute Gasteiger partial charge is 0.271 e. The highest BCUT2D eigenvalue weighted by Crippen LogP contribution is 2.46. The number of hydrogen-bond donors (Lipinski definition) is 1. The zero-order valence-corrected chi connectivity index (χ0v) is 13.2. The van der Waals surface area contributed by atoms with Gasteiger partial charge >= 0.3 is 0 Å². The minimum absolute atomic E-state index is 0.446. The number of hydrogen-bond acceptors (Lipinski definition) is 3. The Labute approximate surface area is 129 Å². The molecule has 3 nitrogen and oxygen atoms in total. The highest BCUT2D eigenvalue weighted by molar-refractivity contribution is 7.94. The van der Waals surface area contributed by atoms with Crippen LogP contribution in [0.25, 0.3) is 0 Å². The van der Waals surface area contributed by atoms with Crippen molar-refractivity contribution in [2.75, 3.05) is 4.72 Å². The number of para-hydroxylation sites is 1. The Hall–Kier alpha value is -1.33. The van der Waals surface area contributed by atoms with Crippen molar-refractivity contribution in [3.63, 3.8) is 0 Å². The molecule has 2 aromatic rings. The van der Waals surface area contributed by atoms with E-state index in [1.165, 1.54) is 11.3 Å². The monoisotopic (exact) mass is 319 g/mol. The van der Waals surface area contributed by atoms with Crippen LogP contribution in [0.2, 0.25) is 0 Å². The molecule has 1 aromatic carbocycles. The van der Waals surface area contributed by atoms with E-state index in [1.54, 1.807) is 0 Å². The van der Waals surface area contributed by atoms with E-state index >= 15 is 0 Å². The summed E-state index contributed by atoms with van der Waals surface area (Å²) in [4.78, 5) is 0. The fraction of sp³-hybridized carbons (Fsp3) is 0.375. The van der Waals surface area contributed by atoms with E-state index in [0.29, 0.717) is 16.0 Å². The number of nitrogens with one attached hydrogen (secondary N) is 1. The molecule has 0 spiro atoms. The molecule has 2 saturated carbocycles. The maximum Gasteiger partial charge on any atom is 0.271 e. The Kier molecular flexibility index (Phi) is 3.08. The summed E-state index contributed by atoms with van der Waals surface area (Å²) in [5, 5.41) is 1.88. The molecule has 0 atom stereocenters. The molecule has 0 saturated heterocycles. The van der Waals surface area contributed by atoms with Crippen LogP contribution in [-0.2, 0) is 10.0 Å². The van der Waals surface area contributed by atoms with Crippen molar-refractivity contribution in [3.8, 4) is 0 Å². The molecule has 5 heteroatoms. The molecule has 1 aromatic heterocycles. The molecule has 0 unspecified atom stereocenters. The van der Waals surface area contributed by atoms with Crippen LogP contribution in [0.3, 0.4) is 0 Å². The molecule has 4 rings (SSSR count). The molecule has 2 aliphatic rings. The summed E-state index contributed by atoms with van der Waals surface area (Å²) in [6.45, 7) is 0. The van der Waals surface area contributed by atoms with E-state index in [0.717, 1.165) is 42.5 Å². The topological polar surface area (TPSA) is 46.2 Å². The van der Waals surface area contributed by atoms with Gasteiger partial charge in [0, 0.05) is 0 Å². The molecule has 21 heavy (non-hydrogen) atoms. The first-order valence-corrected chi connectivity index (χ1v) is 9.70. The van der Waals surface area contributed by atoms with Gasteiger partial charge in [0.2, 0.25) is 0 Å². The number of benzene rings is 1. The van der Waals surface area contributed by atoms with Crippen LogP contribution in [-0.4, -0.2) is 8.42 Å². The SMILES string of the molecule is O=S(=O)(Nc1ccccc1C1CC1)c1sccc1C1CC1. The van der Waals surface area contributed by atoms with Gasteiger partial charge in [0.1, 0.15) is 4.21 Å². The Morgan fingerprint density at radius 1 is 0.952 bits per heavy atom. The van der Waals surface area contributed by atoms with Gasteiger partial charge in [-0.3, -0.25) is 4.72 Å². The van der Waals surface area contributed by atoms with Gasteiger partial charge in [0.15, 0.2) is 0 Å². The lowest BCUT2D eigenvalue weighted by molar-refractivity contribution is 0.602. The largest absolute Gasteiger partial charge is 0.279 e. The highest BCUT2D eigenvalue weighted by atomic mass is 32.2. The van der Waals surface area contributed by atoms with Crippen LogP contribution in [0.15, 0.2) is 39.9 Å². The van der Waals surface area contributed by atoms with Gasteiger partial charge in [0.05, 0.1) is 5.69 Å². The third kappa shape index (κ3) is 2.60. The van der Waals surface area contributed by atoms with E-state index in [9.17, 15) is 8.42 Å². The molecular weight excluding hydrogens is 302 g/mol. The predicted molar refractivity (Wildman–Crippen MR) is 85.5 cm³/mol. The molecule has 0 amide bonds. The van der Waals surface area contributed by atoms with Crippen LogP contribution in [0.4, 0.5) is 5.69 Å². The molecule has 110 valence electrons. The van der Waals surface area contributed by atoms with Crippen LogP contribution in [0.1, 0.15) is 48.6 Å². The van der Waals surface area contributed by atoms with E-state index < -0.39 is 10.0 Å². The summed E-state index contributed by atoms with van der Waals surface area (Å²) in [6, 6.07) is 9.73. The average Bonchev–Trinajstić information content (AvgIpc) is 3.38. The first-order chi connectivity index (χ1) is 10.1. The lowest BCUT2D eigenvalue weighted by Gasteiger charge is -2.12. The lowest BCUT2D eigenvalue weighted by atomic mass is 10.1. The van der Waals surface area contributed by atoms with E-state index in [4.69, 9.17) is 0 Å². The first kappa shape index (κ1) is 13.3. The van der Waals surface area contributed by atoms with Crippen molar-refractivity contribution in [3.05, 3.63) is 46.8 Å². The second kappa shape index (κ2) is 4.85. The first-order valence-electron chi connectivity index (χ1n) is 7.34. The van der Waals surface area contributed by atoms with Crippen LogP contribution in [0, 0.1) is 0 Å². The van der Waals surface area contributed by atoms with Crippen molar-refractivity contribution in [1.82, 2.24) is 0 Å². The third-order valence-corrected chi connectivity index (χ3v) is 7.02. The van der Waals surface area contributed by atoms with E-state index in [1.807, 2.05) is 35.7 Å². The average molecular weight is 319 g/mol. The standard InChI is InChI=1S/C16H17NO2S2/c18-21(19,16-14(9-10-20-16)12-7-8-12)17-15-4-2-1-3-13(15)11-5-6-11/h1-4,9-12,17H,5-8H2. The zero-order valence-electron chi connectivity index (χ0n) is 11.6. The van der Waals surface area contributed by atoms with Crippen LogP contribution < -0.4 is 4.72 Å². The summed E-state index contributed by atoms with van der Waals surface area (Å²) < 4.78 is 28.7. The number of thiophene rings is 1. The van der Waals surface area contributed by atoms with E-state index in [2.05, 4.69) is 4.72 Å². The van der Waals surface area contributed by atoms with Crippen molar-refractivity contribution < 1.29 is 8.42 Å². The molecule has 0 aliphatic heterocycles. The van der Waals surface area contributed by atoms with Crippen LogP contribution >= 0.6 is 11.3 Å². The van der Waals surface area contributed by atoms with Gasteiger partial charge in [-0.1, -0.05) is 18.2 Å². The maximum absolute atomic E-state index is 12.7. The van der Waals surface area contributed by atoms with Crippen molar-refractivity contribution in [2.24, 2.45) is 0 Å². The molecule has 2 aliphatic carbocycles. The van der Waals surface area contributed by atoms with Gasteiger partial charge in [-0.05, 0) is 66.2 Å². The normalized spacial score (nSPS) is 18.7. The highest BCUT2D eigenvalue weighted by Gasteiger charge is 2.32. The summed E-state index contributed by atoms with van der Waals surface area (Å²) in [5.41, 5.74) is 2.87. The number of anilines is 1. The minimum Gasteiger partial charge on any atom is -0.279 e. The molecule has 1 heterocycles. The van der Waals surface area contributed by atoms with Gasteiger partial charge in [-0.2, -0.15) is 0 Å². The van der Waals surface area contributed by atoms with Crippen molar-refractivity contribution in [1.29, 1.82) is 0 Å². The van der Waals surface area contributed by atoms with Crippen LogP contribution in [0.5, 0.6) is 0 Å². The second-order valence-electron chi connectivity index (χ2n) is 5.90. The lowest BCUT2D eigenvalue weighted by Crippen LogP contribution is -2.14. The maximum atomic E-state index is 12.7. The molecule has 0 radical (unpaired) electrons. The molecule has 0 bridgehead atoms. The third-order valence-electron chi connectivity index (χ3n) is 4.14. The fourth-order valence-electron chi connectivity index (χ4n) is 2.75. The number of rotatable bonds is 5. The summed E-state index contributed by atoms with van der Waals surface area (Å²) in [5.74, 6) is 0.969. The zero-order chi connectivity index (χ0) is 14.4. The van der Waals surface area contributed by atoms with Gasteiger partial charge in [0.25, 0.3) is 10.0 Å². The Morgan fingerprint density at radius 3 is 2.33 bits per heavy atom. The predicted octanol–water partition coefficient (Wildman–Crippen LogP) is 4.30. The van der Waals surface area contributed by atoms with Crippen molar-refractivity contribution in [2.45, 2.75) is 41.7 Å². The van der Waals surface area contributed by atoms with Gasteiger partial charge in [-0.25, -0.2) is 8.42 Å². The Bertz CT molecular complexity index is 771. The van der Waals surface area contributed by atoms with Gasteiger partial charge < -0.3 is 0 Å². The minimum atomic E-state index is -3.47.